The van der Waals surface area contributed by atoms with E-state index in [4.69, 9.17) is 9.97 Å². The molecular formula is C25H29N7S. The quantitative estimate of drug-likeness (QED) is 0.471. The molecule has 7 nitrogen and oxygen atoms in total. The Labute approximate surface area is 198 Å². The Bertz CT molecular complexity index is 1390. The van der Waals surface area contributed by atoms with Crippen molar-refractivity contribution in [1.82, 2.24) is 25.1 Å². The van der Waals surface area contributed by atoms with Gasteiger partial charge in [-0.1, -0.05) is 11.3 Å². The van der Waals surface area contributed by atoms with Crippen molar-refractivity contribution in [1.29, 1.82) is 5.26 Å². The van der Waals surface area contributed by atoms with Crippen LogP contribution in [0, 0.1) is 11.3 Å². The maximum atomic E-state index is 9.61. The van der Waals surface area contributed by atoms with E-state index in [9.17, 15) is 5.26 Å². The van der Waals surface area contributed by atoms with Crippen LogP contribution in [0.5, 0.6) is 0 Å². The van der Waals surface area contributed by atoms with Gasteiger partial charge in [0.25, 0.3) is 0 Å². The maximum absolute atomic E-state index is 9.61. The van der Waals surface area contributed by atoms with Gasteiger partial charge in [0.05, 0.1) is 11.3 Å². The number of anilines is 1. The van der Waals surface area contributed by atoms with Crippen molar-refractivity contribution in [2.45, 2.75) is 57.7 Å². The normalized spacial score (nSPS) is 18.0. The minimum atomic E-state index is 0.0756. The number of nitriles is 1. The van der Waals surface area contributed by atoms with Gasteiger partial charge in [0.1, 0.15) is 21.9 Å². The molecule has 0 radical (unpaired) electrons. The monoisotopic (exact) mass is 459 g/mol. The molecule has 4 aromatic rings. The Hall–Kier alpha value is -3.02. The number of aromatic nitrogens is 4. The molecule has 0 bridgehead atoms. The number of aryl methyl sites for hydroxylation is 1. The molecule has 8 heteroatoms. The number of rotatable bonds is 3. The van der Waals surface area contributed by atoms with Gasteiger partial charge in [-0.05, 0) is 64.8 Å². The van der Waals surface area contributed by atoms with Crippen LogP contribution in [0.1, 0.15) is 46.1 Å². The largest absolute Gasteiger partial charge is 0.348 e. The highest BCUT2D eigenvalue weighted by molar-refractivity contribution is 7.21. The van der Waals surface area contributed by atoms with E-state index in [0.29, 0.717) is 11.6 Å². The van der Waals surface area contributed by atoms with Crippen molar-refractivity contribution >= 4 is 37.7 Å². The van der Waals surface area contributed by atoms with E-state index in [-0.39, 0.29) is 11.1 Å². The van der Waals surface area contributed by atoms with Crippen LogP contribution >= 0.6 is 11.3 Å². The lowest BCUT2D eigenvalue weighted by Crippen LogP contribution is -2.61. The zero-order chi connectivity index (χ0) is 23.5. The van der Waals surface area contributed by atoms with E-state index in [1.165, 1.54) is 0 Å². The number of hydrogen-bond donors (Lipinski definition) is 1. The van der Waals surface area contributed by atoms with Gasteiger partial charge in [-0.25, -0.2) is 9.97 Å². The number of thiazole rings is 1. The molecule has 1 aromatic carbocycles. The smallest absolute Gasteiger partial charge is 0.187 e. The summed E-state index contributed by atoms with van der Waals surface area (Å²) in [5, 5.41) is 19.7. The highest BCUT2D eigenvalue weighted by Crippen LogP contribution is 2.36. The van der Waals surface area contributed by atoms with Crippen molar-refractivity contribution in [3.05, 3.63) is 36.0 Å². The van der Waals surface area contributed by atoms with Crippen LogP contribution in [0.25, 0.3) is 32.5 Å². The molecule has 1 aliphatic heterocycles. The molecule has 1 N–H and O–H groups in total. The van der Waals surface area contributed by atoms with E-state index in [1.807, 2.05) is 37.5 Å². The summed E-state index contributed by atoms with van der Waals surface area (Å²) >= 11 is 1.63. The van der Waals surface area contributed by atoms with E-state index < -0.39 is 0 Å². The second-order valence-corrected chi connectivity index (χ2v) is 11.4. The van der Waals surface area contributed by atoms with Crippen molar-refractivity contribution in [3.63, 3.8) is 0 Å². The lowest BCUT2D eigenvalue weighted by atomic mass is 9.79. The summed E-state index contributed by atoms with van der Waals surface area (Å²) < 4.78 is 1.74. The van der Waals surface area contributed by atoms with Crippen molar-refractivity contribution in [2.75, 3.05) is 11.9 Å². The highest BCUT2D eigenvalue weighted by atomic mass is 32.1. The Morgan fingerprint density at radius 3 is 2.58 bits per heavy atom. The van der Waals surface area contributed by atoms with Gasteiger partial charge in [0, 0.05) is 48.4 Å². The highest BCUT2D eigenvalue weighted by Gasteiger charge is 2.39. The van der Waals surface area contributed by atoms with Crippen LogP contribution in [0.4, 0.5) is 5.13 Å². The summed E-state index contributed by atoms with van der Waals surface area (Å²) in [7, 11) is 4.02. The number of nitrogens with zero attached hydrogens (tertiary/aromatic N) is 6. The third-order valence-corrected chi connectivity index (χ3v) is 7.46. The van der Waals surface area contributed by atoms with Gasteiger partial charge in [-0.15, -0.1) is 0 Å². The minimum Gasteiger partial charge on any atom is -0.348 e. The SMILES string of the molecule is CN(c1nc2ccc(-c3cc(C#N)c4nn(C)cc4c3)nc2s1)C1CC(C)(C)NC(C)(C)C1. The Morgan fingerprint density at radius 1 is 1.15 bits per heavy atom. The fourth-order valence-corrected chi connectivity index (χ4v) is 6.28. The van der Waals surface area contributed by atoms with Gasteiger partial charge in [0.15, 0.2) is 5.13 Å². The molecule has 0 saturated carbocycles. The van der Waals surface area contributed by atoms with Crippen molar-refractivity contribution in [2.24, 2.45) is 7.05 Å². The molecule has 0 spiro atoms. The van der Waals surface area contributed by atoms with Crippen molar-refractivity contribution < 1.29 is 0 Å². The van der Waals surface area contributed by atoms with E-state index in [0.717, 1.165) is 50.5 Å². The summed E-state index contributed by atoms with van der Waals surface area (Å²) in [4.78, 5) is 13.1. The summed E-state index contributed by atoms with van der Waals surface area (Å²) in [6, 6.07) is 10.6. The minimum absolute atomic E-state index is 0.0756. The molecule has 0 aliphatic carbocycles. The summed E-state index contributed by atoms with van der Waals surface area (Å²) in [6.45, 7) is 9.09. The zero-order valence-electron chi connectivity index (χ0n) is 20.0. The summed E-state index contributed by atoms with van der Waals surface area (Å²) in [5.74, 6) is 0. The zero-order valence-corrected chi connectivity index (χ0v) is 20.8. The Morgan fingerprint density at radius 2 is 1.88 bits per heavy atom. The molecule has 1 fully saturated rings. The fraction of sp³-hybridized carbons (Fsp3) is 0.440. The standard InChI is InChI=1S/C25H29N7S/c1-24(2)11-18(12-25(3,4)30-24)32(6)23-28-20-8-7-19(27-22(20)33-23)15-9-16(13-26)21-17(10-15)14-31(5)29-21/h7-10,14,18,30H,11-12H2,1-6H3. The van der Waals surface area contributed by atoms with Crippen LogP contribution in [-0.4, -0.2) is 43.9 Å². The average Bonchev–Trinajstić information content (AvgIpc) is 3.31. The fourth-order valence-electron chi connectivity index (χ4n) is 5.30. The molecular weight excluding hydrogens is 430 g/mol. The molecule has 0 atom stereocenters. The van der Waals surface area contributed by atoms with Gasteiger partial charge in [0.2, 0.25) is 0 Å². The van der Waals surface area contributed by atoms with E-state index in [2.05, 4.69) is 56.1 Å². The van der Waals surface area contributed by atoms with Gasteiger partial charge in [-0.2, -0.15) is 10.4 Å². The number of benzene rings is 1. The Balaban J connectivity index is 1.50. The molecule has 5 rings (SSSR count). The maximum Gasteiger partial charge on any atom is 0.187 e. The topological polar surface area (TPSA) is 82.7 Å². The number of fused-ring (bicyclic) bond motifs is 2. The average molecular weight is 460 g/mol. The first kappa shape index (κ1) is 21.8. The van der Waals surface area contributed by atoms with Gasteiger partial charge < -0.3 is 10.2 Å². The third kappa shape index (κ3) is 4.07. The third-order valence-electron chi connectivity index (χ3n) is 6.40. The summed E-state index contributed by atoms with van der Waals surface area (Å²) in [5.41, 5.74) is 4.09. The lowest BCUT2D eigenvalue weighted by molar-refractivity contribution is 0.161. The van der Waals surface area contributed by atoms with Crippen molar-refractivity contribution in [3.8, 4) is 17.3 Å². The molecule has 1 aliphatic rings. The second kappa shape index (κ2) is 7.51. The summed E-state index contributed by atoms with van der Waals surface area (Å²) in [6.07, 6.45) is 4.05. The predicted molar refractivity (Wildman–Crippen MR) is 135 cm³/mol. The first-order valence-corrected chi connectivity index (χ1v) is 12.0. The number of pyridine rings is 1. The van der Waals surface area contributed by atoms with Gasteiger partial charge >= 0.3 is 0 Å². The van der Waals surface area contributed by atoms with Crippen LogP contribution in [0.2, 0.25) is 0 Å². The van der Waals surface area contributed by atoms with Crippen LogP contribution in [-0.2, 0) is 7.05 Å². The lowest BCUT2D eigenvalue weighted by Gasteiger charge is -2.48. The van der Waals surface area contributed by atoms with Crippen LogP contribution in [0.15, 0.2) is 30.5 Å². The van der Waals surface area contributed by atoms with Crippen LogP contribution in [0.3, 0.4) is 0 Å². The molecule has 3 aromatic heterocycles. The molecule has 0 unspecified atom stereocenters. The van der Waals surface area contributed by atoms with Crippen LogP contribution < -0.4 is 10.2 Å². The second-order valence-electron chi connectivity index (χ2n) is 10.5. The van der Waals surface area contributed by atoms with E-state index in [1.54, 1.807) is 16.0 Å². The number of hydrogen-bond acceptors (Lipinski definition) is 7. The number of piperidine rings is 1. The van der Waals surface area contributed by atoms with Gasteiger partial charge in [-0.3, -0.25) is 4.68 Å². The molecule has 33 heavy (non-hydrogen) atoms. The number of nitrogens with one attached hydrogen (secondary N) is 1. The first-order chi connectivity index (χ1) is 15.5. The molecule has 170 valence electrons. The first-order valence-electron chi connectivity index (χ1n) is 11.2. The van der Waals surface area contributed by atoms with E-state index >= 15 is 0 Å². The predicted octanol–water partition coefficient (Wildman–Crippen LogP) is 4.86. The molecule has 1 saturated heterocycles. The molecule has 4 heterocycles. The Kier molecular flexibility index (Phi) is 4.96. The molecule has 0 amide bonds.